The molecule has 0 radical (unpaired) electrons. The highest BCUT2D eigenvalue weighted by atomic mass is 16.3. The zero-order valence-corrected chi connectivity index (χ0v) is 16.5. The number of phenols is 1. The van der Waals surface area contributed by atoms with Crippen molar-refractivity contribution in [3.05, 3.63) is 35.0 Å². The van der Waals surface area contributed by atoms with Crippen LogP contribution in [-0.2, 0) is 7.05 Å². The number of carbonyl (C=O) groups is 1. The number of nitrogens with one attached hydrogen (secondary N) is 2. The fraction of sp³-hybridized carbons (Fsp3) is 0.350. The second-order valence-corrected chi connectivity index (χ2v) is 7.22. The van der Waals surface area contributed by atoms with Crippen molar-refractivity contribution in [2.75, 3.05) is 24.7 Å². The van der Waals surface area contributed by atoms with Crippen LogP contribution < -0.4 is 10.6 Å². The summed E-state index contributed by atoms with van der Waals surface area (Å²) in [4.78, 5) is 13.6. The maximum atomic E-state index is 12.3. The number of aromatic nitrogens is 1. The summed E-state index contributed by atoms with van der Waals surface area (Å²) in [5.41, 5.74) is 3.13. The molecule has 0 saturated heterocycles. The average molecular weight is 386 g/mol. The monoisotopic (exact) mass is 386 g/mol. The van der Waals surface area contributed by atoms with Crippen LogP contribution in [0.1, 0.15) is 36.5 Å². The first-order valence-corrected chi connectivity index (χ1v) is 9.09. The molecule has 1 aliphatic carbocycles. The molecule has 3 rings (SSSR count). The quantitative estimate of drug-likeness (QED) is 0.504. The summed E-state index contributed by atoms with van der Waals surface area (Å²) in [5, 5.41) is 37.7. The van der Waals surface area contributed by atoms with Crippen LogP contribution in [0.5, 0.6) is 17.5 Å². The van der Waals surface area contributed by atoms with E-state index >= 15 is 0 Å². The third-order valence-corrected chi connectivity index (χ3v) is 5.03. The molecule has 1 aromatic carbocycles. The summed E-state index contributed by atoms with van der Waals surface area (Å²) in [6.45, 7) is 2.03. The molecule has 0 atom stereocenters. The minimum atomic E-state index is -0.341. The molecule has 28 heavy (non-hydrogen) atoms. The highest BCUT2D eigenvalue weighted by molar-refractivity contribution is 5.99. The van der Waals surface area contributed by atoms with Crippen LogP contribution in [0.25, 0.3) is 0 Å². The van der Waals surface area contributed by atoms with Gasteiger partial charge < -0.3 is 30.9 Å². The van der Waals surface area contributed by atoms with Gasteiger partial charge in [-0.25, -0.2) is 0 Å². The molecule has 8 nitrogen and oxygen atoms in total. The molecule has 0 aliphatic heterocycles. The van der Waals surface area contributed by atoms with E-state index in [1.807, 2.05) is 6.92 Å². The Labute approximate surface area is 163 Å². The van der Waals surface area contributed by atoms with E-state index < -0.39 is 0 Å². The Morgan fingerprint density at radius 3 is 2.29 bits per heavy atom. The number of benzene rings is 1. The zero-order valence-electron chi connectivity index (χ0n) is 16.5. The number of rotatable bonds is 5. The second-order valence-electron chi connectivity index (χ2n) is 7.22. The van der Waals surface area contributed by atoms with E-state index in [9.17, 15) is 20.1 Å². The fourth-order valence-corrected chi connectivity index (χ4v) is 3.30. The predicted molar refractivity (Wildman–Crippen MR) is 108 cm³/mol. The lowest BCUT2D eigenvalue weighted by Crippen LogP contribution is -2.21. The smallest absolute Gasteiger partial charge is 0.257 e. The van der Waals surface area contributed by atoms with Crippen LogP contribution >= 0.6 is 0 Å². The maximum absolute atomic E-state index is 12.3. The van der Waals surface area contributed by atoms with E-state index in [4.69, 9.17) is 0 Å². The van der Waals surface area contributed by atoms with Crippen molar-refractivity contribution in [2.45, 2.75) is 26.2 Å². The maximum Gasteiger partial charge on any atom is 0.257 e. The number of hydrogen-bond acceptors (Lipinski definition) is 6. The van der Waals surface area contributed by atoms with Crippen LogP contribution in [0, 0.1) is 0 Å². The number of para-hydroxylation sites is 1. The largest absolute Gasteiger partial charge is 0.505 e. The molecule has 0 spiro atoms. The number of allylic oxidation sites excluding steroid dienone is 2. The standard InChI is InChI=1S/C20H26N4O4/c1-11-7-5-9-13(11)21-15-16(20(28)24(4)19(15)27)22-14-10-6-8-12(17(14)25)18(26)23(2)3/h6,8,10,21-22,25,27-28H,5,7,9H2,1-4H3. The van der Waals surface area contributed by atoms with Gasteiger partial charge in [-0.2, -0.15) is 0 Å². The van der Waals surface area contributed by atoms with E-state index in [1.165, 1.54) is 28.2 Å². The molecule has 1 aromatic heterocycles. The van der Waals surface area contributed by atoms with Gasteiger partial charge in [-0.3, -0.25) is 9.36 Å². The van der Waals surface area contributed by atoms with Gasteiger partial charge in [0.2, 0.25) is 11.8 Å². The van der Waals surface area contributed by atoms with E-state index in [-0.39, 0.29) is 40.4 Å². The van der Waals surface area contributed by atoms with Gasteiger partial charge in [0.15, 0.2) is 5.75 Å². The van der Waals surface area contributed by atoms with E-state index in [0.29, 0.717) is 5.69 Å². The summed E-state index contributed by atoms with van der Waals surface area (Å²) < 4.78 is 1.24. The lowest BCUT2D eigenvalue weighted by molar-refractivity contribution is 0.0824. The number of carbonyl (C=O) groups excluding carboxylic acids is 1. The van der Waals surface area contributed by atoms with Crippen molar-refractivity contribution in [2.24, 2.45) is 7.05 Å². The first-order valence-electron chi connectivity index (χ1n) is 9.09. The third-order valence-electron chi connectivity index (χ3n) is 5.03. The summed E-state index contributed by atoms with van der Waals surface area (Å²) in [6, 6.07) is 4.75. The lowest BCUT2D eigenvalue weighted by atomic mass is 10.1. The van der Waals surface area contributed by atoms with Gasteiger partial charge in [-0.1, -0.05) is 11.6 Å². The molecule has 0 saturated carbocycles. The zero-order chi connectivity index (χ0) is 20.6. The number of hydrogen-bond donors (Lipinski definition) is 5. The van der Waals surface area contributed by atoms with E-state index in [1.54, 1.807) is 26.2 Å². The average Bonchev–Trinajstić information content (AvgIpc) is 3.15. The molecule has 1 heterocycles. The van der Waals surface area contributed by atoms with Gasteiger partial charge in [0.25, 0.3) is 5.91 Å². The molecular formula is C20H26N4O4. The minimum absolute atomic E-state index is 0.132. The van der Waals surface area contributed by atoms with Crippen LogP contribution in [0.15, 0.2) is 29.5 Å². The SMILES string of the molecule is CC1=C(Nc2c(Nc3cccc(C(=O)N(C)C)c3O)c(O)n(C)c2O)CCC1. The molecule has 0 fully saturated rings. The molecular weight excluding hydrogens is 360 g/mol. The predicted octanol–water partition coefficient (Wildman–Crippen LogP) is 3.46. The van der Waals surface area contributed by atoms with Gasteiger partial charge in [-0.05, 0) is 38.3 Å². The molecule has 5 N–H and O–H groups in total. The van der Waals surface area contributed by atoms with E-state index in [2.05, 4.69) is 10.6 Å². The van der Waals surface area contributed by atoms with Crippen LogP contribution in [-0.4, -0.2) is 44.8 Å². The molecule has 0 bridgehead atoms. The third kappa shape index (κ3) is 3.33. The van der Waals surface area contributed by atoms with Crippen molar-refractivity contribution < 1.29 is 20.1 Å². The topological polar surface area (TPSA) is 110 Å². The number of phenolic OH excluding ortho intramolecular Hbond substituents is 1. The first kappa shape index (κ1) is 19.5. The summed E-state index contributed by atoms with van der Waals surface area (Å²) in [7, 11) is 4.73. The van der Waals surface area contributed by atoms with Crippen molar-refractivity contribution in [1.29, 1.82) is 0 Å². The number of aromatic hydroxyl groups is 3. The first-order chi connectivity index (χ1) is 13.2. The number of anilines is 3. The Kier molecular flexibility index (Phi) is 5.13. The highest BCUT2D eigenvalue weighted by Gasteiger charge is 2.25. The van der Waals surface area contributed by atoms with Gasteiger partial charge in [-0.15, -0.1) is 0 Å². The summed E-state index contributed by atoms with van der Waals surface area (Å²) in [5.74, 6) is -0.898. The Balaban J connectivity index is 2.02. The van der Waals surface area contributed by atoms with Crippen molar-refractivity contribution in [3.63, 3.8) is 0 Å². The molecule has 8 heteroatoms. The van der Waals surface area contributed by atoms with Crippen molar-refractivity contribution in [1.82, 2.24) is 9.47 Å². The second kappa shape index (κ2) is 7.38. The van der Waals surface area contributed by atoms with Gasteiger partial charge in [0.1, 0.15) is 11.4 Å². The highest BCUT2D eigenvalue weighted by Crippen LogP contribution is 2.46. The van der Waals surface area contributed by atoms with Crippen LogP contribution in [0.3, 0.4) is 0 Å². The van der Waals surface area contributed by atoms with Gasteiger partial charge in [0.05, 0.1) is 11.3 Å². The molecule has 0 unspecified atom stereocenters. The van der Waals surface area contributed by atoms with Crippen LogP contribution in [0.4, 0.5) is 17.1 Å². The Hall–Kier alpha value is -3.29. The molecule has 150 valence electrons. The molecule has 2 aromatic rings. The number of amides is 1. The normalized spacial score (nSPS) is 13.7. The summed E-state index contributed by atoms with van der Waals surface area (Å²) in [6.07, 6.45) is 2.88. The fourth-order valence-electron chi connectivity index (χ4n) is 3.30. The lowest BCUT2D eigenvalue weighted by Gasteiger charge is -2.16. The van der Waals surface area contributed by atoms with Crippen molar-refractivity contribution >= 4 is 23.0 Å². The van der Waals surface area contributed by atoms with Gasteiger partial charge in [0, 0.05) is 26.8 Å². The Bertz CT molecular complexity index is 960. The molecule has 1 aliphatic rings. The van der Waals surface area contributed by atoms with Crippen molar-refractivity contribution in [3.8, 4) is 17.5 Å². The molecule has 1 amide bonds. The Morgan fingerprint density at radius 2 is 1.71 bits per heavy atom. The van der Waals surface area contributed by atoms with Gasteiger partial charge >= 0.3 is 0 Å². The van der Waals surface area contributed by atoms with Crippen LogP contribution in [0.2, 0.25) is 0 Å². The van der Waals surface area contributed by atoms with E-state index in [0.717, 1.165) is 25.0 Å². The minimum Gasteiger partial charge on any atom is -0.505 e. The number of nitrogens with zero attached hydrogens (tertiary/aromatic N) is 2. The Morgan fingerprint density at radius 1 is 1.07 bits per heavy atom. The summed E-state index contributed by atoms with van der Waals surface area (Å²) >= 11 is 0.